The minimum absolute atomic E-state index is 0.272. The molecule has 1 aliphatic rings. The Morgan fingerprint density at radius 3 is 2.44 bits per heavy atom. The number of rotatable bonds is 3. The first kappa shape index (κ1) is 25.5. The van der Waals surface area contributed by atoms with Crippen molar-refractivity contribution in [2.75, 3.05) is 7.11 Å². The van der Waals surface area contributed by atoms with Gasteiger partial charge in [0.25, 0.3) is 5.97 Å². The van der Waals surface area contributed by atoms with Gasteiger partial charge in [0.15, 0.2) is 0 Å². The lowest BCUT2D eigenvalue weighted by molar-refractivity contribution is -0.134. The predicted octanol–water partition coefficient (Wildman–Crippen LogP) is 7.42. The van der Waals surface area contributed by atoms with Gasteiger partial charge < -0.3 is 14.4 Å². The van der Waals surface area contributed by atoms with E-state index in [4.69, 9.17) is 26.2 Å². The number of aryl methyl sites for hydroxylation is 2. The average Bonchev–Trinajstić information content (AvgIpc) is 3.17. The van der Waals surface area contributed by atoms with E-state index in [1.165, 1.54) is 40.9 Å². The second-order valence-corrected chi connectivity index (χ2v) is 8.32. The van der Waals surface area contributed by atoms with E-state index in [2.05, 4.69) is 74.0 Å². The topological polar surface area (TPSA) is 51.5 Å². The van der Waals surface area contributed by atoms with Crippen LogP contribution in [0.4, 0.5) is 0 Å². The van der Waals surface area contributed by atoms with Crippen molar-refractivity contribution in [2.45, 2.75) is 59.3 Å². The smallest absolute Gasteiger partial charge is 0.300 e. The Morgan fingerprint density at radius 1 is 1.12 bits per heavy atom. The third-order valence-corrected chi connectivity index (χ3v) is 5.70. The van der Waals surface area contributed by atoms with Crippen molar-refractivity contribution in [1.29, 1.82) is 0 Å². The zero-order valence-corrected chi connectivity index (χ0v) is 20.4. The Kier molecular flexibility index (Phi) is 9.86. The van der Waals surface area contributed by atoms with Crippen LogP contribution in [0, 0.1) is 6.92 Å². The molecule has 4 rings (SSSR count). The minimum Gasteiger partial charge on any atom is -0.496 e. The summed E-state index contributed by atoms with van der Waals surface area (Å²) in [5, 5.41) is 8.20. The van der Waals surface area contributed by atoms with Gasteiger partial charge in [-0.2, -0.15) is 0 Å². The largest absolute Gasteiger partial charge is 0.496 e. The van der Waals surface area contributed by atoms with Gasteiger partial charge in [0, 0.05) is 41.0 Å². The van der Waals surface area contributed by atoms with Crippen molar-refractivity contribution in [1.82, 2.24) is 4.57 Å². The summed E-state index contributed by atoms with van der Waals surface area (Å²) >= 11 is 6.35. The number of carboxylic acid groups (broad SMARTS) is 1. The van der Waals surface area contributed by atoms with Crippen molar-refractivity contribution in [3.05, 3.63) is 82.1 Å². The third kappa shape index (κ3) is 6.39. The Labute approximate surface area is 196 Å². The normalized spacial score (nSPS) is 13.9. The number of carbonyl (C=O) groups is 1. The molecular weight excluding hydrogens is 422 g/mol. The summed E-state index contributed by atoms with van der Waals surface area (Å²) in [6, 6.07) is 16.9. The van der Waals surface area contributed by atoms with Crippen LogP contribution >= 0.6 is 11.6 Å². The number of nitrogens with zero attached hydrogens (tertiary/aromatic N) is 1. The summed E-state index contributed by atoms with van der Waals surface area (Å²) in [5.74, 6) is 0.424. The minimum atomic E-state index is -0.833. The van der Waals surface area contributed by atoms with Crippen molar-refractivity contribution in [3.63, 3.8) is 0 Å². The van der Waals surface area contributed by atoms with Crippen molar-refractivity contribution in [2.24, 2.45) is 0 Å². The molecule has 4 nitrogen and oxygen atoms in total. The molecule has 3 aromatic rings. The van der Waals surface area contributed by atoms with Crippen molar-refractivity contribution < 1.29 is 14.6 Å². The summed E-state index contributed by atoms with van der Waals surface area (Å²) in [6.07, 6.45) is 6.84. The van der Waals surface area contributed by atoms with E-state index in [1.54, 1.807) is 7.11 Å². The molecule has 1 unspecified atom stereocenters. The fourth-order valence-electron chi connectivity index (χ4n) is 3.88. The monoisotopic (exact) mass is 455 g/mol. The standard InChI is InChI=1S/C21H20ClNO.C4H10.C2H4O2/c1-14-5-3-7-18(21(14)24-2)17-10-9-16-6-4-12-23(16)20-11-8-15(22)13-19(17)20;1-3-4-2;1-2(3)4/h3-8,11-13,17H,9-10H2,1-2H3;3-4H2,1-2H3;1H3,(H,3,4). The SMILES string of the molecule is CC(=O)O.CCCC.COc1c(C)cccc1C1CCc2cccn2-c2ccc(Cl)cc21. The van der Waals surface area contributed by atoms with Gasteiger partial charge in [0.2, 0.25) is 0 Å². The molecule has 0 saturated carbocycles. The lowest BCUT2D eigenvalue weighted by Crippen LogP contribution is -2.06. The number of carboxylic acids is 1. The van der Waals surface area contributed by atoms with Gasteiger partial charge in [-0.25, -0.2) is 0 Å². The molecule has 0 aliphatic carbocycles. The quantitative estimate of drug-likeness (QED) is 0.446. The van der Waals surface area contributed by atoms with Crippen LogP contribution in [0.3, 0.4) is 0 Å². The molecule has 0 saturated heterocycles. The highest BCUT2D eigenvalue weighted by Crippen LogP contribution is 2.42. The molecule has 0 radical (unpaired) electrons. The molecule has 1 atom stereocenters. The fraction of sp³-hybridized carbons (Fsp3) is 0.370. The molecule has 0 bridgehead atoms. The van der Waals surface area contributed by atoms with Gasteiger partial charge in [-0.1, -0.05) is 56.5 Å². The summed E-state index contributed by atoms with van der Waals surface area (Å²) in [7, 11) is 1.75. The van der Waals surface area contributed by atoms with Crippen LogP contribution in [0.5, 0.6) is 5.75 Å². The molecule has 1 aliphatic heterocycles. The molecule has 0 fully saturated rings. The molecule has 2 aromatic carbocycles. The van der Waals surface area contributed by atoms with E-state index in [0.29, 0.717) is 0 Å². The second-order valence-electron chi connectivity index (χ2n) is 7.88. The first-order chi connectivity index (χ1) is 15.3. The number of aliphatic carboxylic acids is 1. The highest BCUT2D eigenvalue weighted by atomic mass is 35.5. The van der Waals surface area contributed by atoms with Crippen molar-refractivity contribution >= 4 is 17.6 Å². The predicted molar refractivity (Wildman–Crippen MR) is 133 cm³/mol. The third-order valence-electron chi connectivity index (χ3n) is 5.47. The Balaban J connectivity index is 0.000000395. The number of ether oxygens (including phenoxy) is 1. The van der Waals surface area contributed by atoms with Gasteiger partial charge in [-0.3, -0.25) is 4.79 Å². The van der Waals surface area contributed by atoms with E-state index in [0.717, 1.165) is 30.5 Å². The molecule has 1 N–H and O–H groups in total. The van der Waals surface area contributed by atoms with E-state index in [1.807, 2.05) is 6.07 Å². The number of aromatic nitrogens is 1. The zero-order chi connectivity index (χ0) is 23.7. The van der Waals surface area contributed by atoms with Crippen molar-refractivity contribution in [3.8, 4) is 11.4 Å². The van der Waals surface area contributed by atoms with Gasteiger partial charge in [-0.05, 0) is 61.2 Å². The summed E-state index contributed by atoms with van der Waals surface area (Å²) in [6.45, 7) is 7.54. The van der Waals surface area contributed by atoms with Crippen LogP contribution < -0.4 is 4.74 Å². The average molecular weight is 456 g/mol. The van der Waals surface area contributed by atoms with E-state index < -0.39 is 5.97 Å². The number of fused-ring (bicyclic) bond motifs is 3. The Morgan fingerprint density at radius 2 is 1.81 bits per heavy atom. The Bertz CT molecular complexity index is 1020. The summed E-state index contributed by atoms with van der Waals surface area (Å²) in [5.41, 5.74) is 6.23. The van der Waals surface area contributed by atoms with Crippen LogP contribution in [0.2, 0.25) is 5.02 Å². The first-order valence-electron chi connectivity index (χ1n) is 11.1. The number of methoxy groups -OCH3 is 1. The molecule has 5 heteroatoms. The highest BCUT2D eigenvalue weighted by molar-refractivity contribution is 6.30. The fourth-order valence-corrected chi connectivity index (χ4v) is 4.06. The highest BCUT2D eigenvalue weighted by Gasteiger charge is 2.26. The maximum Gasteiger partial charge on any atom is 0.300 e. The molecule has 0 amide bonds. The Hall–Kier alpha value is -2.72. The van der Waals surface area contributed by atoms with E-state index in [9.17, 15) is 0 Å². The molecule has 1 aromatic heterocycles. The number of hydrogen-bond acceptors (Lipinski definition) is 2. The van der Waals surface area contributed by atoms with Gasteiger partial charge in [0.05, 0.1) is 7.11 Å². The maximum atomic E-state index is 9.00. The number of hydrogen-bond donors (Lipinski definition) is 1. The number of halogens is 1. The van der Waals surface area contributed by atoms with Crippen LogP contribution in [-0.4, -0.2) is 22.8 Å². The maximum absolute atomic E-state index is 9.00. The lowest BCUT2D eigenvalue weighted by Gasteiger charge is -2.22. The van der Waals surface area contributed by atoms with Crippen LogP contribution in [0.15, 0.2) is 54.7 Å². The van der Waals surface area contributed by atoms with Gasteiger partial charge in [-0.15, -0.1) is 0 Å². The number of benzene rings is 2. The number of para-hydroxylation sites is 1. The first-order valence-corrected chi connectivity index (χ1v) is 11.5. The van der Waals surface area contributed by atoms with Crippen LogP contribution in [-0.2, 0) is 11.2 Å². The second kappa shape index (κ2) is 12.4. The van der Waals surface area contributed by atoms with E-state index in [-0.39, 0.29) is 5.92 Å². The zero-order valence-electron chi connectivity index (χ0n) is 19.7. The molecule has 0 spiro atoms. The molecule has 32 heavy (non-hydrogen) atoms. The molecule has 172 valence electrons. The summed E-state index contributed by atoms with van der Waals surface area (Å²) < 4.78 is 8.02. The van der Waals surface area contributed by atoms with Gasteiger partial charge in [0.1, 0.15) is 5.75 Å². The van der Waals surface area contributed by atoms with E-state index >= 15 is 0 Å². The van der Waals surface area contributed by atoms with Gasteiger partial charge >= 0.3 is 0 Å². The van der Waals surface area contributed by atoms with Crippen LogP contribution in [0.25, 0.3) is 5.69 Å². The van der Waals surface area contributed by atoms with Crippen LogP contribution in [0.1, 0.15) is 68.3 Å². The molecular formula is C27H34ClNO3. The molecule has 2 heterocycles. The summed E-state index contributed by atoms with van der Waals surface area (Å²) in [4.78, 5) is 9.00. The lowest BCUT2D eigenvalue weighted by atomic mass is 9.85. The number of unbranched alkanes of at least 4 members (excludes halogenated alkanes) is 1.